The van der Waals surface area contributed by atoms with Crippen molar-refractivity contribution in [2.24, 2.45) is 0 Å². The van der Waals surface area contributed by atoms with E-state index in [0.29, 0.717) is 12.4 Å². The van der Waals surface area contributed by atoms with E-state index in [1.807, 2.05) is 0 Å². The zero-order valence-corrected chi connectivity index (χ0v) is 7.69. The van der Waals surface area contributed by atoms with Gasteiger partial charge in [-0.15, -0.1) is 0 Å². The van der Waals surface area contributed by atoms with E-state index in [0.717, 1.165) is 19.4 Å². The summed E-state index contributed by atoms with van der Waals surface area (Å²) in [7, 11) is 0. The summed E-state index contributed by atoms with van der Waals surface area (Å²) in [5.41, 5.74) is -0.442. The Morgan fingerprint density at radius 1 is 1.71 bits per heavy atom. The van der Waals surface area contributed by atoms with Crippen LogP contribution in [-0.2, 0) is 4.74 Å². The Labute approximate surface area is 80.7 Å². The van der Waals surface area contributed by atoms with Gasteiger partial charge in [0.05, 0.1) is 12.3 Å². The second-order valence-electron chi connectivity index (χ2n) is 3.19. The maximum absolute atomic E-state index is 10.8. The summed E-state index contributed by atoms with van der Waals surface area (Å²) in [6.45, 7) is 1.51. The van der Waals surface area contributed by atoms with Crippen LogP contribution in [0.3, 0.4) is 0 Å². The van der Waals surface area contributed by atoms with Crippen molar-refractivity contribution in [1.29, 1.82) is 0 Å². The molecule has 2 rings (SSSR count). The first-order chi connectivity index (χ1) is 6.84. The van der Waals surface area contributed by atoms with Crippen LogP contribution in [0.15, 0.2) is 11.0 Å². The number of anilines is 1. The lowest BCUT2D eigenvalue weighted by molar-refractivity contribution is 0.120. The van der Waals surface area contributed by atoms with Crippen LogP contribution >= 0.6 is 0 Å². The average molecular weight is 196 g/mol. The molecule has 1 aliphatic rings. The molecule has 0 aliphatic carbocycles. The fraction of sp³-hybridized carbons (Fsp3) is 0.625. The molecule has 6 nitrogen and oxygen atoms in total. The Morgan fingerprint density at radius 3 is 3.36 bits per heavy atom. The van der Waals surface area contributed by atoms with Gasteiger partial charge in [-0.2, -0.15) is 10.1 Å². The number of nitrogens with zero attached hydrogens (tertiary/aromatic N) is 2. The van der Waals surface area contributed by atoms with Gasteiger partial charge in [0.1, 0.15) is 0 Å². The molecule has 0 saturated carbocycles. The summed E-state index contributed by atoms with van der Waals surface area (Å²) >= 11 is 0. The van der Waals surface area contributed by atoms with Gasteiger partial charge in [-0.3, -0.25) is 0 Å². The predicted octanol–water partition coefficient (Wildman–Crippen LogP) is -0.244. The number of ether oxygens (including phenoxy) is 1. The third kappa shape index (κ3) is 2.29. The predicted molar refractivity (Wildman–Crippen MR) is 50.1 cm³/mol. The lowest BCUT2D eigenvalue weighted by Gasteiger charge is -2.09. The Kier molecular flexibility index (Phi) is 2.73. The van der Waals surface area contributed by atoms with Gasteiger partial charge in [0.25, 0.3) is 0 Å². The molecule has 0 unspecified atom stereocenters. The molecular weight excluding hydrogens is 184 g/mol. The first-order valence-electron chi connectivity index (χ1n) is 4.62. The monoisotopic (exact) mass is 196 g/mol. The highest BCUT2D eigenvalue weighted by Crippen LogP contribution is 2.11. The van der Waals surface area contributed by atoms with E-state index in [9.17, 15) is 4.79 Å². The normalized spacial score (nSPS) is 21.0. The molecule has 76 valence electrons. The minimum atomic E-state index is -0.442. The Bertz CT molecular complexity index is 345. The number of rotatable bonds is 3. The maximum Gasteiger partial charge on any atom is 0.363 e. The van der Waals surface area contributed by atoms with Crippen LogP contribution in [0.5, 0.6) is 0 Å². The van der Waals surface area contributed by atoms with Crippen LogP contribution in [0.4, 0.5) is 5.82 Å². The van der Waals surface area contributed by atoms with E-state index < -0.39 is 5.69 Å². The standard InChI is InChI=1S/C8H12N4O2/c13-8-11-7(5-10-12-8)9-4-6-2-1-3-14-6/h5-6H,1-4H2,(H2,9,11,12,13)/t6-/m0/s1. The molecule has 0 spiro atoms. The Morgan fingerprint density at radius 2 is 2.64 bits per heavy atom. The smallest absolute Gasteiger partial charge is 0.363 e. The van der Waals surface area contributed by atoms with Crippen molar-refractivity contribution in [3.63, 3.8) is 0 Å². The first kappa shape index (κ1) is 9.14. The average Bonchev–Trinajstić information content (AvgIpc) is 2.67. The van der Waals surface area contributed by atoms with E-state index in [1.165, 1.54) is 6.20 Å². The van der Waals surface area contributed by atoms with Crippen LogP contribution in [0.2, 0.25) is 0 Å². The maximum atomic E-state index is 10.8. The molecule has 1 aromatic heterocycles. The summed E-state index contributed by atoms with van der Waals surface area (Å²) < 4.78 is 5.41. The fourth-order valence-corrected chi connectivity index (χ4v) is 1.42. The molecule has 2 heterocycles. The second-order valence-corrected chi connectivity index (χ2v) is 3.19. The highest BCUT2D eigenvalue weighted by molar-refractivity contribution is 5.28. The molecule has 1 fully saturated rings. The van der Waals surface area contributed by atoms with Gasteiger partial charge in [0, 0.05) is 13.2 Å². The molecule has 1 saturated heterocycles. The molecule has 6 heteroatoms. The van der Waals surface area contributed by atoms with Crippen molar-refractivity contribution >= 4 is 5.82 Å². The topological polar surface area (TPSA) is 79.9 Å². The number of aromatic nitrogens is 3. The van der Waals surface area contributed by atoms with Crippen LogP contribution in [0, 0.1) is 0 Å². The van der Waals surface area contributed by atoms with E-state index >= 15 is 0 Å². The van der Waals surface area contributed by atoms with E-state index in [2.05, 4.69) is 20.5 Å². The van der Waals surface area contributed by atoms with Crippen molar-refractivity contribution < 1.29 is 4.74 Å². The molecule has 14 heavy (non-hydrogen) atoms. The number of aromatic amines is 1. The minimum absolute atomic E-state index is 0.232. The van der Waals surface area contributed by atoms with Crippen LogP contribution in [0.1, 0.15) is 12.8 Å². The van der Waals surface area contributed by atoms with Crippen molar-refractivity contribution in [2.75, 3.05) is 18.5 Å². The molecule has 0 radical (unpaired) electrons. The van der Waals surface area contributed by atoms with Crippen molar-refractivity contribution in [3.8, 4) is 0 Å². The first-order valence-corrected chi connectivity index (χ1v) is 4.62. The van der Waals surface area contributed by atoms with Crippen molar-refractivity contribution in [2.45, 2.75) is 18.9 Å². The molecule has 0 bridgehead atoms. The van der Waals surface area contributed by atoms with Gasteiger partial charge < -0.3 is 10.1 Å². The summed E-state index contributed by atoms with van der Waals surface area (Å²) in [5.74, 6) is 0.490. The van der Waals surface area contributed by atoms with Crippen molar-refractivity contribution in [3.05, 3.63) is 16.7 Å². The Hall–Kier alpha value is -1.43. The number of hydrogen-bond donors (Lipinski definition) is 2. The molecule has 2 N–H and O–H groups in total. The van der Waals surface area contributed by atoms with Gasteiger partial charge in [-0.05, 0) is 12.8 Å². The quantitative estimate of drug-likeness (QED) is 0.697. The fourth-order valence-electron chi connectivity index (χ4n) is 1.42. The van der Waals surface area contributed by atoms with Crippen LogP contribution in [-0.4, -0.2) is 34.4 Å². The largest absolute Gasteiger partial charge is 0.376 e. The molecular formula is C8H12N4O2. The molecule has 1 atom stereocenters. The minimum Gasteiger partial charge on any atom is -0.376 e. The van der Waals surface area contributed by atoms with Gasteiger partial charge >= 0.3 is 5.69 Å². The van der Waals surface area contributed by atoms with E-state index in [-0.39, 0.29) is 6.10 Å². The summed E-state index contributed by atoms with van der Waals surface area (Å²) in [6, 6.07) is 0. The SMILES string of the molecule is O=c1nc(NC[C@@H]2CCCO2)cn[nH]1. The van der Waals surface area contributed by atoms with E-state index in [4.69, 9.17) is 4.74 Å². The van der Waals surface area contributed by atoms with Crippen LogP contribution < -0.4 is 11.0 Å². The highest BCUT2D eigenvalue weighted by Gasteiger charge is 2.14. The van der Waals surface area contributed by atoms with Gasteiger partial charge in [-0.25, -0.2) is 9.89 Å². The lowest BCUT2D eigenvalue weighted by atomic mass is 10.2. The summed E-state index contributed by atoms with van der Waals surface area (Å²) in [4.78, 5) is 14.5. The zero-order chi connectivity index (χ0) is 9.80. The van der Waals surface area contributed by atoms with Gasteiger partial charge in [0.15, 0.2) is 5.82 Å². The van der Waals surface area contributed by atoms with E-state index in [1.54, 1.807) is 0 Å². The lowest BCUT2D eigenvalue weighted by Crippen LogP contribution is -2.21. The Balaban J connectivity index is 1.88. The summed E-state index contributed by atoms with van der Waals surface area (Å²) in [6.07, 6.45) is 3.88. The number of nitrogens with one attached hydrogen (secondary N) is 2. The zero-order valence-electron chi connectivity index (χ0n) is 7.69. The highest BCUT2D eigenvalue weighted by atomic mass is 16.5. The van der Waals surface area contributed by atoms with Crippen molar-refractivity contribution in [1.82, 2.24) is 15.2 Å². The number of H-pyrrole nitrogens is 1. The van der Waals surface area contributed by atoms with Gasteiger partial charge in [-0.1, -0.05) is 0 Å². The summed E-state index contributed by atoms with van der Waals surface area (Å²) in [5, 5.41) is 8.85. The molecule has 0 amide bonds. The van der Waals surface area contributed by atoms with Crippen LogP contribution in [0.25, 0.3) is 0 Å². The molecule has 0 aromatic carbocycles. The second kappa shape index (κ2) is 4.19. The third-order valence-corrected chi connectivity index (χ3v) is 2.10. The van der Waals surface area contributed by atoms with Gasteiger partial charge in [0.2, 0.25) is 0 Å². The number of hydrogen-bond acceptors (Lipinski definition) is 5. The molecule has 1 aromatic rings. The molecule has 1 aliphatic heterocycles. The third-order valence-electron chi connectivity index (χ3n) is 2.10.